The third-order valence-electron chi connectivity index (χ3n) is 2.42. The lowest BCUT2D eigenvalue weighted by atomic mass is 10.1. The van der Waals surface area contributed by atoms with E-state index in [9.17, 15) is 4.79 Å². The number of hydrogen-bond acceptors (Lipinski definition) is 4. The largest absolute Gasteiger partial charge is 0.348 e. The summed E-state index contributed by atoms with van der Waals surface area (Å²) in [4.78, 5) is 16.0. The first-order valence-electron chi connectivity index (χ1n) is 5.66. The van der Waals surface area contributed by atoms with E-state index in [1.54, 1.807) is 5.38 Å². The molecule has 1 atom stereocenters. The second-order valence-corrected chi connectivity index (χ2v) is 4.64. The van der Waals surface area contributed by atoms with Crippen LogP contribution in [0.4, 0.5) is 0 Å². The molecule has 4 nitrogen and oxygen atoms in total. The molecule has 1 aromatic heterocycles. The van der Waals surface area contributed by atoms with Gasteiger partial charge in [-0.3, -0.25) is 4.79 Å². The van der Waals surface area contributed by atoms with E-state index in [0.717, 1.165) is 24.3 Å². The van der Waals surface area contributed by atoms with Gasteiger partial charge in [0.2, 0.25) is 0 Å². The molecule has 0 saturated carbocycles. The Kier molecular flexibility index (Phi) is 5.42. The Labute approximate surface area is 100 Å². The molecule has 0 aliphatic heterocycles. The molecule has 0 radical (unpaired) electrons. The van der Waals surface area contributed by atoms with Gasteiger partial charge >= 0.3 is 0 Å². The summed E-state index contributed by atoms with van der Waals surface area (Å²) in [5.41, 5.74) is 5.94. The van der Waals surface area contributed by atoms with E-state index in [1.807, 2.05) is 0 Å². The van der Waals surface area contributed by atoms with Gasteiger partial charge < -0.3 is 11.1 Å². The summed E-state index contributed by atoms with van der Waals surface area (Å²) in [5, 5.41) is 5.55. The van der Waals surface area contributed by atoms with Gasteiger partial charge in [0.25, 0.3) is 5.91 Å². The monoisotopic (exact) mass is 241 g/mol. The molecule has 0 saturated heterocycles. The molecule has 90 valence electrons. The highest BCUT2D eigenvalue weighted by molar-refractivity contribution is 7.09. The van der Waals surface area contributed by atoms with Gasteiger partial charge in [-0.25, -0.2) is 4.98 Å². The van der Waals surface area contributed by atoms with E-state index < -0.39 is 0 Å². The van der Waals surface area contributed by atoms with Crippen LogP contribution in [0.2, 0.25) is 0 Å². The third-order valence-corrected chi connectivity index (χ3v) is 3.30. The Morgan fingerprint density at radius 1 is 1.62 bits per heavy atom. The van der Waals surface area contributed by atoms with Crippen LogP contribution in [0.1, 0.15) is 48.6 Å². The molecule has 0 spiro atoms. The van der Waals surface area contributed by atoms with E-state index in [1.165, 1.54) is 11.3 Å². The van der Waals surface area contributed by atoms with Crippen molar-refractivity contribution < 1.29 is 4.79 Å². The number of hydrogen-bond donors (Lipinski definition) is 2. The van der Waals surface area contributed by atoms with Crippen molar-refractivity contribution in [1.29, 1.82) is 0 Å². The number of rotatable bonds is 6. The Balaban J connectivity index is 2.56. The average molecular weight is 241 g/mol. The highest BCUT2D eigenvalue weighted by Gasteiger charge is 2.13. The average Bonchev–Trinajstić information content (AvgIpc) is 2.76. The Hall–Kier alpha value is -0.940. The molecule has 0 aliphatic carbocycles. The van der Waals surface area contributed by atoms with Crippen LogP contribution in [0.5, 0.6) is 0 Å². The van der Waals surface area contributed by atoms with Crippen molar-refractivity contribution in [2.24, 2.45) is 5.73 Å². The molecule has 1 unspecified atom stereocenters. The summed E-state index contributed by atoms with van der Waals surface area (Å²) in [6, 6.07) is 0.250. The first kappa shape index (κ1) is 13.1. The van der Waals surface area contributed by atoms with E-state index in [0.29, 0.717) is 12.2 Å². The van der Waals surface area contributed by atoms with Gasteiger partial charge in [0, 0.05) is 18.0 Å². The third kappa shape index (κ3) is 3.57. The van der Waals surface area contributed by atoms with Crippen molar-refractivity contribution in [1.82, 2.24) is 10.3 Å². The minimum absolute atomic E-state index is 0.0868. The van der Waals surface area contributed by atoms with Gasteiger partial charge in [-0.15, -0.1) is 11.3 Å². The smallest absolute Gasteiger partial charge is 0.270 e. The van der Waals surface area contributed by atoms with Crippen molar-refractivity contribution in [3.63, 3.8) is 0 Å². The lowest BCUT2D eigenvalue weighted by molar-refractivity contribution is 0.0929. The van der Waals surface area contributed by atoms with Crippen LogP contribution in [0.15, 0.2) is 5.38 Å². The first-order valence-corrected chi connectivity index (χ1v) is 6.54. The molecule has 1 rings (SSSR count). The maximum Gasteiger partial charge on any atom is 0.270 e. The van der Waals surface area contributed by atoms with Crippen LogP contribution in [0, 0.1) is 0 Å². The Morgan fingerprint density at radius 2 is 2.38 bits per heavy atom. The fraction of sp³-hybridized carbons (Fsp3) is 0.636. The van der Waals surface area contributed by atoms with Gasteiger partial charge in [-0.05, 0) is 12.8 Å². The number of carbonyl (C=O) groups excluding carboxylic acids is 1. The minimum atomic E-state index is -0.0868. The summed E-state index contributed by atoms with van der Waals surface area (Å²) in [5.74, 6) is -0.0868. The predicted molar refractivity (Wildman–Crippen MR) is 66.5 cm³/mol. The molecule has 3 N–H and O–H groups in total. The lowest BCUT2D eigenvalue weighted by Crippen LogP contribution is -2.34. The Bertz CT molecular complexity index is 338. The zero-order valence-corrected chi connectivity index (χ0v) is 10.6. The van der Waals surface area contributed by atoms with Crippen molar-refractivity contribution >= 4 is 17.2 Å². The molecular weight excluding hydrogens is 222 g/mol. The van der Waals surface area contributed by atoms with Crippen LogP contribution in [0.25, 0.3) is 0 Å². The van der Waals surface area contributed by atoms with Crippen molar-refractivity contribution in [2.45, 2.75) is 45.7 Å². The lowest BCUT2D eigenvalue weighted by Gasteiger charge is -2.14. The van der Waals surface area contributed by atoms with Crippen LogP contribution in [-0.2, 0) is 6.54 Å². The number of carbonyl (C=O) groups is 1. The van der Waals surface area contributed by atoms with Gasteiger partial charge in [-0.1, -0.05) is 20.3 Å². The molecule has 1 aromatic rings. The van der Waals surface area contributed by atoms with Gasteiger partial charge in [0.15, 0.2) is 0 Å². The number of thiazole rings is 1. The maximum atomic E-state index is 11.8. The molecule has 5 heteroatoms. The van der Waals surface area contributed by atoms with E-state index in [-0.39, 0.29) is 11.9 Å². The van der Waals surface area contributed by atoms with Crippen molar-refractivity contribution in [3.05, 3.63) is 16.1 Å². The van der Waals surface area contributed by atoms with Crippen LogP contribution < -0.4 is 11.1 Å². The summed E-state index contributed by atoms with van der Waals surface area (Å²) < 4.78 is 0. The van der Waals surface area contributed by atoms with Gasteiger partial charge in [0.1, 0.15) is 10.7 Å². The second kappa shape index (κ2) is 6.60. The number of nitrogens with two attached hydrogens (primary N) is 1. The molecule has 0 fully saturated rings. The molecule has 1 amide bonds. The molecule has 0 aromatic carbocycles. The van der Waals surface area contributed by atoms with Crippen LogP contribution in [-0.4, -0.2) is 16.9 Å². The van der Waals surface area contributed by atoms with Crippen LogP contribution in [0.3, 0.4) is 0 Å². The molecule has 0 aliphatic rings. The predicted octanol–water partition coefficient (Wildman–Crippen LogP) is 1.91. The number of aromatic nitrogens is 1. The summed E-state index contributed by atoms with van der Waals surface area (Å²) in [7, 11) is 0. The first-order chi connectivity index (χ1) is 7.71. The zero-order valence-electron chi connectivity index (χ0n) is 9.82. The number of nitrogens with one attached hydrogen (secondary N) is 1. The fourth-order valence-corrected chi connectivity index (χ4v) is 2.15. The highest BCUT2D eigenvalue weighted by Crippen LogP contribution is 2.10. The molecule has 16 heavy (non-hydrogen) atoms. The summed E-state index contributed by atoms with van der Waals surface area (Å²) in [6.45, 7) is 4.58. The van der Waals surface area contributed by atoms with Crippen molar-refractivity contribution in [3.8, 4) is 0 Å². The van der Waals surface area contributed by atoms with Gasteiger partial charge in [-0.2, -0.15) is 0 Å². The van der Waals surface area contributed by atoms with E-state index >= 15 is 0 Å². The summed E-state index contributed by atoms with van der Waals surface area (Å²) >= 11 is 1.43. The van der Waals surface area contributed by atoms with Crippen molar-refractivity contribution in [2.75, 3.05) is 0 Å². The van der Waals surface area contributed by atoms with E-state index in [2.05, 4.69) is 24.1 Å². The fourth-order valence-electron chi connectivity index (χ4n) is 1.50. The molecule has 0 bridgehead atoms. The van der Waals surface area contributed by atoms with E-state index in [4.69, 9.17) is 5.73 Å². The number of nitrogens with zero attached hydrogens (tertiary/aromatic N) is 1. The summed E-state index contributed by atoms with van der Waals surface area (Å²) in [6.07, 6.45) is 3.04. The highest BCUT2D eigenvalue weighted by atomic mass is 32.1. The maximum absolute atomic E-state index is 11.8. The Morgan fingerprint density at radius 3 is 2.88 bits per heavy atom. The van der Waals surface area contributed by atoms with Crippen LogP contribution >= 0.6 is 11.3 Å². The second-order valence-electron chi connectivity index (χ2n) is 3.70. The SMILES string of the molecule is CCCC(CC)NC(=O)c1csc(CN)n1. The molecular formula is C11H19N3OS. The van der Waals surface area contributed by atoms with Gasteiger partial charge in [0.05, 0.1) is 0 Å². The molecule has 1 heterocycles. The number of amides is 1. The quantitative estimate of drug-likeness (QED) is 0.799. The zero-order chi connectivity index (χ0) is 12.0. The minimum Gasteiger partial charge on any atom is -0.348 e. The standard InChI is InChI=1S/C11H19N3OS/c1-3-5-8(4-2)13-11(15)9-7-16-10(6-12)14-9/h7-8H,3-6,12H2,1-2H3,(H,13,15). The topological polar surface area (TPSA) is 68.0 Å². The normalized spacial score (nSPS) is 12.4.